The van der Waals surface area contributed by atoms with Gasteiger partial charge in [0.25, 0.3) is 0 Å². The van der Waals surface area contributed by atoms with Crippen molar-refractivity contribution in [2.24, 2.45) is 5.92 Å². The summed E-state index contributed by atoms with van der Waals surface area (Å²) in [7, 11) is 0. The molecule has 1 aromatic heterocycles. The molecule has 0 radical (unpaired) electrons. The molecule has 0 saturated carbocycles. The average molecular weight is 246 g/mol. The van der Waals surface area contributed by atoms with E-state index in [1.54, 1.807) is 11.3 Å². The van der Waals surface area contributed by atoms with Crippen LogP contribution in [0, 0.1) is 5.92 Å². The van der Waals surface area contributed by atoms with Gasteiger partial charge in [0.05, 0.1) is 5.02 Å². The Kier molecular flexibility index (Phi) is 5.65. The molecule has 1 nitrogen and oxygen atoms in total. The zero-order valence-corrected chi connectivity index (χ0v) is 11.3. The first-order valence-corrected chi connectivity index (χ1v) is 6.80. The van der Waals surface area contributed by atoms with Gasteiger partial charge in [0.1, 0.15) is 0 Å². The van der Waals surface area contributed by atoms with Gasteiger partial charge in [-0.2, -0.15) is 0 Å². The highest BCUT2D eigenvalue weighted by Gasteiger charge is 2.10. The average Bonchev–Trinajstić information content (AvgIpc) is 2.58. The summed E-state index contributed by atoms with van der Waals surface area (Å²) in [5.41, 5.74) is 0. The van der Waals surface area contributed by atoms with E-state index in [2.05, 4.69) is 31.5 Å². The zero-order valence-electron chi connectivity index (χ0n) is 9.72. The monoisotopic (exact) mass is 245 g/mol. The zero-order chi connectivity index (χ0) is 11.3. The van der Waals surface area contributed by atoms with Gasteiger partial charge in [-0.1, -0.05) is 32.4 Å². The van der Waals surface area contributed by atoms with Crippen LogP contribution in [0.3, 0.4) is 0 Å². The lowest BCUT2D eigenvalue weighted by atomic mass is 10.1. The lowest BCUT2D eigenvalue weighted by molar-refractivity contribution is 0.526. The lowest BCUT2D eigenvalue weighted by Crippen LogP contribution is -2.21. The normalized spacial score (nSPS) is 13.4. The highest BCUT2D eigenvalue weighted by molar-refractivity contribution is 7.10. The molecule has 3 heteroatoms. The summed E-state index contributed by atoms with van der Waals surface area (Å²) >= 11 is 7.85. The van der Waals surface area contributed by atoms with Crippen molar-refractivity contribution in [1.82, 2.24) is 5.32 Å². The maximum Gasteiger partial charge on any atom is 0.0547 e. The second kappa shape index (κ2) is 6.51. The van der Waals surface area contributed by atoms with Gasteiger partial charge in [0, 0.05) is 4.88 Å². The highest BCUT2D eigenvalue weighted by atomic mass is 35.5. The summed E-state index contributed by atoms with van der Waals surface area (Å²) in [6, 6.07) is 1.99. The van der Waals surface area contributed by atoms with Crippen molar-refractivity contribution in [3.8, 4) is 0 Å². The molecule has 0 amide bonds. The number of nitrogens with one attached hydrogen (secondary N) is 1. The van der Waals surface area contributed by atoms with Crippen molar-refractivity contribution >= 4 is 22.9 Å². The predicted octanol–water partition coefficient (Wildman–Crippen LogP) is 4.14. The van der Waals surface area contributed by atoms with Crippen LogP contribution in [-0.2, 0) is 0 Å². The Bertz CT molecular complexity index is 283. The molecule has 1 N–H and O–H groups in total. The fourth-order valence-electron chi connectivity index (χ4n) is 1.50. The molecule has 15 heavy (non-hydrogen) atoms. The molecule has 1 aromatic rings. The summed E-state index contributed by atoms with van der Waals surface area (Å²) in [6.07, 6.45) is 1.16. The highest BCUT2D eigenvalue weighted by Crippen LogP contribution is 2.31. The van der Waals surface area contributed by atoms with E-state index in [4.69, 9.17) is 11.6 Å². The van der Waals surface area contributed by atoms with Crippen LogP contribution in [-0.4, -0.2) is 13.1 Å². The molecule has 0 aliphatic carbocycles. The Labute approximate surface area is 102 Å². The fourth-order valence-corrected chi connectivity index (χ4v) is 2.84. The number of halogens is 1. The largest absolute Gasteiger partial charge is 0.316 e. The van der Waals surface area contributed by atoms with E-state index >= 15 is 0 Å². The van der Waals surface area contributed by atoms with Crippen molar-refractivity contribution in [3.05, 3.63) is 21.3 Å². The first-order valence-electron chi connectivity index (χ1n) is 5.55. The van der Waals surface area contributed by atoms with Crippen LogP contribution in [0.25, 0.3) is 0 Å². The molecule has 1 rings (SSSR count). The van der Waals surface area contributed by atoms with Crippen LogP contribution in [0.15, 0.2) is 11.4 Å². The SMILES string of the molecule is CC(C)CNCCC(C)c1sccc1Cl. The van der Waals surface area contributed by atoms with Gasteiger partial charge in [0.2, 0.25) is 0 Å². The molecule has 0 bridgehead atoms. The molecular weight excluding hydrogens is 226 g/mol. The summed E-state index contributed by atoms with van der Waals surface area (Å²) in [5.74, 6) is 1.29. The van der Waals surface area contributed by atoms with Crippen molar-refractivity contribution in [3.63, 3.8) is 0 Å². The maximum absolute atomic E-state index is 6.09. The molecular formula is C12H20ClNS. The van der Waals surface area contributed by atoms with Gasteiger partial charge in [-0.25, -0.2) is 0 Å². The quantitative estimate of drug-likeness (QED) is 0.743. The van der Waals surface area contributed by atoms with E-state index in [9.17, 15) is 0 Å². The number of hydrogen-bond acceptors (Lipinski definition) is 2. The minimum atomic E-state index is 0.567. The summed E-state index contributed by atoms with van der Waals surface area (Å²) in [6.45, 7) is 8.88. The van der Waals surface area contributed by atoms with Gasteiger partial charge < -0.3 is 5.32 Å². The third-order valence-corrected chi connectivity index (χ3v) is 3.99. The summed E-state index contributed by atoms with van der Waals surface area (Å²) in [5, 5.41) is 6.45. The summed E-state index contributed by atoms with van der Waals surface area (Å²) < 4.78 is 0. The lowest BCUT2D eigenvalue weighted by Gasteiger charge is -2.12. The second-order valence-corrected chi connectivity index (χ2v) is 5.78. The van der Waals surface area contributed by atoms with Crippen molar-refractivity contribution < 1.29 is 0 Å². The predicted molar refractivity (Wildman–Crippen MR) is 70.1 cm³/mol. The Hall–Kier alpha value is -0.0500. The molecule has 0 aliphatic heterocycles. The molecule has 0 spiro atoms. The van der Waals surface area contributed by atoms with Gasteiger partial charge in [-0.05, 0) is 42.8 Å². The third kappa shape index (κ3) is 4.54. The molecule has 0 fully saturated rings. The number of thiophene rings is 1. The van der Waals surface area contributed by atoms with Crippen LogP contribution in [0.4, 0.5) is 0 Å². The smallest absolute Gasteiger partial charge is 0.0547 e. The second-order valence-electron chi connectivity index (χ2n) is 4.42. The van der Waals surface area contributed by atoms with Crippen LogP contribution in [0.5, 0.6) is 0 Å². The number of rotatable bonds is 6. The van der Waals surface area contributed by atoms with E-state index in [0.29, 0.717) is 5.92 Å². The Morgan fingerprint density at radius 1 is 1.40 bits per heavy atom. The number of hydrogen-bond donors (Lipinski definition) is 1. The minimum Gasteiger partial charge on any atom is -0.316 e. The van der Waals surface area contributed by atoms with Gasteiger partial charge in [0.15, 0.2) is 0 Å². The van der Waals surface area contributed by atoms with Crippen LogP contribution in [0.1, 0.15) is 38.0 Å². The fraction of sp³-hybridized carbons (Fsp3) is 0.667. The van der Waals surface area contributed by atoms with E-state index in [-0.39, 0.29) is 0 Å². The molecule has 0 aliphatic rings. The third-order valence-electron chi connectivity index (χ3n) is 2.40. The van der Waals surface area contributed by atoms with Crippen LogP contribution < -0.4 is 5.32 Å². The van der Waals surface area contributed by atoms with Crippen LogP contribution >= 0.6 is 22.9 Å². The molecule has 1 atom stereocenters. The molecule has 86 valence electrons. The van der Waals surface area contributed by atoms with E-state index in [1.165, 1.54) is 4.88 Å². The van der Waals surface area contributed by atoms with Gasteiger partial charge in [-0.15, -0.1) is 11.3 Å². The van der Waals surface area contributed by atoms with Gasteiger partial charge in [-0.3, -0.25) is 0 Å². The molecule has 1 heterocycles. The summed E-state index contributed by atoms with van der Waals surface area (Å²) in [4.78, 5) is 1.32. The molecule has 0 saturated heterocycles. The van der Waals surface area contributed by atoms with Crippen molar-refractivity contribution in [1.29, 1.82) is 0 Å². The topological polar surface area (TPSA) is 12.0 Å². The first kappa shape index (κ1) is 13.0. The molecule has 1 unspecified atom stereocenters. The Morgan fingerprint density at radius 2 is 2.13 bits per heavy atom. The minimum absolute atomic E-state index is 0.567. The van der Waals surface area contributed by atoms with E-state index in [0.717, 1.165) is 30.5 Å². The van der Waals surface area contributed by atoms with Gasteiger partial charge >= 0.3 is 0 Å². The standard InChI is InChI=1S/C12H20ClNS/c1-9(2)8-14-6-4-10(3)12-11(13)5-7-15-12/h5,7,9-10,14H,4,6,8H2,1-3H3. The van der Waals surface area contributed by atoms with Crippen molar-refractivity contribution in [2.75, 3.05) is 13.1 Å². The Balaban J connectivity index is 2.25. The molecule has 0 aromatic carbocycles. The maximum atomic E-state index is 6.09. The van der Waals surface area contributed by atoms with Crippen LogP contribution in [0.2, 0.25) is 5.02 Å². The first-order chi connectivity index (χ1) is 7.11. The van der Waals surface area contributed by atoms with E-state index in [1.807, 2.05) is 6.07 Å². The van der Waals surface area contributed by atoms with Crippen molar-refractivity contribution in [2.45, 2.75) is 33.1 Å². The van der Waals surface area contributed by atoms with E-state index < -0.39 is 0 Å². The Morgan fingerprint density at radius 3 is 2.67 bits per heavy atom.